The fourth-order valence-corrected chi connectivity index (χ4v) is 4.93. The largest absolute Gasteiger partial charge is 0.298 e. The van der Waals surface area contributed by atoms with Crippen LogP contribution in [0.15, 0.2) is 84.3 Å². The zero-order chi connectivity index (χ0) is 23.3. The molecule has 34 heavy (non-hydrogen) atoms. The highest BCUT2D eigenvalue weighted by molar-refractivity contribution is 7.99. The third kappa shape index (κ3) is 4.49. The number of imide groups is 1. The number of nitrogens with zero attached hydrogens (tertiary/aromatic N) is 5. The molecule has 170 valence electrons. The van der Waals surface area contributed by atoms with Crippen LogP contribution in [0.25, 0.3) is 11.4 Å². The van der Waals surface area contributed by atoms with E-state index < -0.39 is 0 Å². The molecule has 2 aromatic carbocycles. The second-order valence-corrected chi connectivity index (χ2v) is 9.04. The van der Waals surface area contributed by atoms with Crippen molar-refractivity contribution in [3.63, 3.8) is 0 Å². The number of hydrogen-bond donors (Lipinski definition) is 0. The molecule has 0 atom stereocenters. The van der Waals surface area contributed by atoms with Gasteiger partial charge in [0.05, 0.1) is 17.7 Å². The van der Waals surface area contributed by atoms with Crippen molar-refractivity contribution in [3.8, 4) is 11.4 Å². The van der Waals surface area contributed by atoms with Gasteiger partial charge in [-0.15, -0.1) is 10.2 Å². The molecular weight excluding hydrogens is 446 g/mol. The van der Waals surface area contributed by atoms with Crippen molar-refractivity contribution in [2.45, 2.75) is 24.5 Å². The summed E-state index contributed by atoms with van der Waals surface area (Å²) >= 11 is 1.64. The van der Waals surface area contributed by atoms with E-state index in [0.29, 0.717) is 24.2 Å². The molecule has 0 spiro atoms. The minimum absolute atomic E-state index is 0.196. The Labute approximate surface area is 201 Å². The summed E-state index contributed by atoms with van der Waals surface area (Å²) < 4.78 is 2.12. The molecule has 8 heteroatoms. The van der Waals surface area contributed by atoms with Gasteiger partial charge in [-0.05, 0) is 42.7 Å². The standard InChI is InChI=1S/C26H23N5O2S/c32-24-21-10-4-5-11-22(21)25(33)30(24)16-6-7-17-34-26-29-28-23(20-12-14-27-15-13-20)31(26)18-19-8-2-1-3-9-19/h1-5,8-15H,6-7,16-18H2. The summed E-state index contributed by atoms with van der Waals surface area (Å²) in [4.78, 5) is 30.5. The Morgan fingerprint density at radius 1 is 0.765 bits per heavy atom. The molecule has 0 bridgehead atoms. The Morgan fingerprint density at radius 2 is 1.44 bits per heavy atom. The van der Waals surface area contributed by atoms with E-state index >= 15 is 0 Å². The number of carbonyl (C=O) groups is 2. The van der Waals surface area contributed by atoms with Gasteiger partial charge in [-0.2, -0.15) is 0 Å². The number of pyridine rings is 1. The summed E-state index contributed by atoms with van der Waals surface area (Å²) in [6, 6.07) is 21.1. The van der Waals surface area contributed by atoms with Gasteiger partial charge in [-0.25, -0.2) is 0 Å². The van der Waals surface area contributed by atoms with E-state index in [9.17, 15) is 9.59 Å². The number of hydrogen-bond acceptors (Lipinski definition) is 6. The third-order valence-electron chi connectivity index (χ3n) is 5.72. The highest BCUT2D eigenvalue weighted by Crippen LogP contribution is 2.26. The van der Waals surface area contributed by atoms with Crippen molar-refractivity contribution in [2.24, 2.45) is 0 Å². The van der Waals surface area contributed by atoms with E-state index in [4.69, 9.17) is 0 Å². The first kappa shape index (κ1) is 22.0. The second-order valence-electron chi connectivity index (χ2n) is 7.98. The fourth-order valence-electron chi connectivity index (χ4n) is 4.00. The highest BCUT2D eigenvalue weighted by Gasteiger charge is 2.34. The first-order valence-corrected chi connectivity index (χ1v) is 12.2. The number of rotatable bonds is 9. The van der Waals surface area contributed by atoms with Gasteiger partial charge >= 0.3 is 0 Å². The van der Waals surface area contributed by atoms with Gasteiger partial charge in [0.1, 0.15) is 0 Å². The lowest BCUT2D eigenvalue weighted by Gasteiger charge is -2.13. The van der Waals surface area contributed by atoms with Crippen LogP contribution >= 0.6 is 11.8 Å². The maximum atomic E-state index is 12.5. The van der Waals surface area contributed by atoms with Crippen LogP contribution in [0.2, 0.25) is 0 Å². The van der Waals surface area contributed by atoms with Crippen LogP contribution in [-0.4, -0.2) is 48.8 Å². The summed E-state index contributed by atoms with van der Waals surface area (Å²) in [5.74, 6) is 1.22. The van der Waals surface area contributed by atoms with E-state index in [1.165, 1.54) is 10.5 Å². The minimum Gasteiger partial charge on any atom is -0.298 e. The molecule has 0 aliphatic carbocycles. The zero-order valence-electron chi connectivity index (χ0n) is 18.5. The number of thioether (sulfide) groups is 1. The molecule has 0 saturated heterocycles. The predicted octanol–water partition coefficient (Wildman–Crippen LogP) is 4.56. The Balaban J connectivity index is 1.22. The average molecular weight is 470 g/mol. The molecule has 7 nitrogen and oxygen atoms in total. The van der Waals surface area contributed by atoms with Crippen LogP contribution in [-0.2, 0) is 6.54 Å². The molecule has 1 aliphatic rings. The van der Waals surface area contributed by atoms with E-state index in [-0.39, 0.29) is 11.8 Å². The number of carbonyl (C=O) groups excluding carboxylic acids is 2. The molecule has 0 N–H and O–H groups in total. The second kappa shape index (κ2) is 10.0. The zero-order valence-corrected chi connectivity index (χ0v) is 19.3. The Morgan fingerprint density at radius 3 is 2.15 bits per heavy atom. The summed E-state index contributed by atoms with van der Waals surface area (Å²) in [6.45, 7) is 1.09. The first-order valence-electron chi connectivity index (χ1n) is 11.2. The van der Waals surface area contributed by atoms with Crippen molar-refractivity contribution in [3.05, 3.63) is 95.8 Å². The van der Waals surface area contributed by atoms with Crippen LogP contribution in [0, 0.1) is 0 Å². The van der Waals surface area contributed by atoms with E-state index in [2.05, 4.69) is 31.9 Å². The maximum Gasteiger partial charge on any atom is 0.261 e. The molecule has 2 aromatic heterocycles. The Hall–Kier alpha value is -3.78. The number of fused-ring (bicyclic) bond motifs is 1. The van der Waals surface area contributed by atoms with Gasteiger partial charge < -0.3 is 0 Å². The maximum absolute atomic E-state index is 12.5. The van der Waals surface area contributed by atoms with Gasteiger partial charge in [0, 0.05) is 30.3 Å². The lowest BCUT2D eigenvalue weighted by Crippen LogP contribution is -2.30. The van der Waals surface area contributed by atoms with Crippen molar-refractivity contribution in [2.75, 3.05) is 12.3 Å². The van der Waals surface area contributed by atoms with Crippen molar-refractivity contribution >= 4 is 23.6 Å². The fraction of sp³-hybridized carbons (Fsp3) is 0.192. The highest BCUT2D eigenvalue weighted by atomic mass is 32.2. The molecule has 4 aromatic rings. The summed E-state index contributed by atoms with van der Waals surface area (Å²) in [5, 5.41) is 9.75. The van der Waals surface area contributed by atoms with E-state index in [1.54, 1.807) is 48.4 Å². The first-order chi connectivity index (χ1) is 16.7. The minimum atomic E-state index is -0.196. The molecule has 0 saturated carbocycles. The summed E-state index contributed by atoms with van der Waals surface area (Å²) in [5.41, 5.74) is 3.14. The SMILES string of the molecule is O=C1c2ccccc2C(=O)N1CCCCSc1nnc(-c2ccncc2)n1Cc1ccccc1. The van der Waals surface area contributed by atoms with Crippen molar-refractivity contribution in [1.29, 1.82) is 0 Å². The number of unbranched alkanes of at least 4 members (excludes halogenated alkanes) is 1. The molecule has 0 fully saturated rings. The topological polar surface area (TPSA) is 81.0 Å². The van der Waals surface area contributed by atoms with Crippen molar-refractivity contribution in [1.82, 2.24) is 24.6 Å². The lowest BCUT2D eigenvalue weighted by atomic mass is 10.1. The lowest BCUT2D eigenvalue weighted by molar-refractivity contribution is 0.0652. The van der Waals surface area contributed by atoms with Gasteiger partial charge in [0.15, 0.2) is 11.0 Å². The van der Waals surface area contributed by atoms with Crippen molar-refractivity contribution < 1.29 is 9.59 Å². The average Bonchev–Trinajstić information content (AvgIpc) is 3.39. The van der Waals surface area contributed by atoms with Gasteiger partial charge in [0.25, 0.3) is 11.8 Å². The number of amides is 2. The Kier molecular flexibility index (Phi) is 6.49. The normalized spacial score (nSPS) is 12.9. The number of benzene rings is 2. The van der Waals surface area contributed by atoms with Gasteiger partial charge in [-0.1, -0.05) is 54.2 Å². The predicted molar refractivity (Wildman–Crippen MR) is 131 cm³/mol. The Bertz CT molecular complexity index is 1270. The van der Waals surface area contributed by atoms with E-state index in [1.807, 2.05) is 30.3 Å². The molecule has 5 rings (SSSR count). The molecule has 1 aliphatic heterocycles. The van der Waals surface area contributed by atoms with Crippen LogP contribution in [0.5, 0.6) is 0 Å². The van der Waals surface area contributed by atoms with Crippen LogP contribution in [0.4, 0.5) is 0 Å². The monoisotopic (exact) mass is 469 g/mol. The third-order valence-corrected chi connectivity index (χ3v) is 6.78. The summed E-state index contributed by atoms with van der Waals surface area (Å²) in [6.07, 6.45) is 5.09. The van der Waals surface area contributed by atoms with Crippen LogP contribution in [0.3, 0.4) is 0 Å². The molecular formula is C26H23N5O2S. The van der Waals surface area contributed by atoms with Gasteiger partial charge in [0.2, 0.25) is 0 Å². The molecule has 2 amide bonds. The van der Waals surface area contributed by atoms with E-state index in [0.717, 1.165) is 35.1 Å². The van der Waals surface area contributed by atoms with Gasteiger partial charge in [-0.3, -0.25) is 24.0 Å². The van der Waals surface area contributed by atoms with Crippen LogP contribution in [0.1, 0.15) is 39.1 Å². The smallest absolute Gasteiger partial charge is 0.261 e. The summed E-state index contributed by atoms with van der Waals surface area (Å²) in [7, 11) is 0. The molecule has 0 unspecified atom stereocenters. The van der Waals surface area contributed by atoms with Crippen LogP contribution < -0.4 is 0 Å². The quantitative estimate of drug-likeness (QED) is 0.203. The number of aromatic nitrogens is 4. The molecule has 0 radical (unpaired) electrons. The molecule has 3 heterocycles.